The molecule has 2 aromatic carbocycles. The number of aryl methyl sites for hydroxylation is 1. The molecule has 1 aromatic heterocycles. The first-order valence-corrected chi connectivity index (χ1v) is 9.09. The minimum atomic E-state index is -0.468. The molecule has 3 rings (SSSR count). The van der Waals surface area contributed by atoms with Gasteiger partial charge in [-0.1, -0.05) is 40.9 Å². The molecule has 0 aliphatic rings. The summed E-state index contributed by atoms with van der Waals surface area (Å²) in [6.07, 6.45) is 1.57. The third-order valence-electron chi connectivity index (χ3n) is 4.08. The zero-order chi connectivity index (χ0) is 18.8. The van der Waals surface area contributed by atoms with Gasteiger partial charge in [-0.3, -0.25) is 9.59 Å². The Morgan fingerprint density at radius 3 is 2.46 bits per heavy atom. The third kappa shape index (κ3) is 3.73. The molecule has 0 bridgehead atoms. The molecule has 0 radical (unpaired) electrons. The minimum Gasteiger partial charge on any atom is -0.348 e. The maximum absolute atomic E-state index is 12.7. The van der Waals surface area contributed by atoms with Crippen LogP contribution in [0.1, 0.15) is 22.8 Å². The van der Waals surface area contributed by atoms with Crippen molar-refractivity contribution >= 4 is 51.6 Å². The first-order chi connectivity index (χ1) is 12.4. The summed E-state index contributed by atoms with van der Waals surface area (Å²) >= 11 is 18.0. The summed E-state index contributed by atoms with van der Waals surface area (Å²) in [7, 11) is 0. The highest BCUT2D eigenvalue weighted by Gasteiger charge is 2.15. The van der Waals surface area contributed by atoms with Gasteiger partial charge in [-0.25, -0.2) is 0 Å². The molecular weight excluding hydrogens is 395 g/mol. The van der Waals surface area contributed by atoms with Crippen LogP contribution in [-0.4, -0.2) is 10.5 Å². The van der Waals surface area contributed by atoms with E-state index < -0.39 is 5.91 Å². The zero-order valence-electron chi connectivity index (χ0n) is 13.9. The van der Waals surface area contributed by atoms with Gasteiger partial charge < -0.3 is 9.88 Å². The van der Waals surface area contributed by atoms with Crippen molar-refractivity contribution in [2.45, 2.75) is 20.0 Å². The van der Waals surface area contributed by atoms with E-state index in [2.05, 4.69) is 5.32 Å². The Morgan fingerprint density at radius 1 is 1.08 bits per heavy atom. The van der Waals surface area contributed by atoms with E-state index in [9.17, 15) is 9.59 Å². The summed E-state index contributed by atoms with van der Waals surface area (Å²) in [6.45, 7) is 2.74. The lowest BCUT2D eigenvalue weighted by Crippen LogP contribution is -2.29. The zero-order valence-corrected chi connectivity index (χ0v) is 16.1. The number of amides is 1. The highest BCUT2D eigenvalue weighted by Crippen LogP contribution is 2.21. The molecule has 0 atom stereocenters. The third-order valence-corrected chi connectivity index (χ3v) is 4.90. The van der Waals surface area contributed by atoms with E-state index in [-0.39, 0.29) is 17.5 Å². The first-order valence-electron chi connectivity index (χ1n) is 7.95. The maximum atomic E-state index is 12.7. The summed E-state index contributed by atoms with van der Waals surface area (Å²) in [6, 6.07) is 10.1. The van der Waals surface area contributed by atoms with Crippen LogP contribution in [0.2, 0.25) is 15.1 Å². The van der Waals surface area contributed by atoms with Crippen LogP contribution >= 0.6 is 34.8 Å². The van der Waals surface area contributed by atoms with E-state index >= 15 is 0 Å². The number of carbonyl (C=O) groups excluding carboxylic acids is 1. The van der Waals surface area contributed by atoms with Gasteiger partial charge in [-0.15, -0.1) is 0 Å². The molecule has 4 nitrogen and oxygen atoms in total. The standard InChI is InChI=1S/C19H15Cl3N2O2/c1-2-24-10-15(18(25)14-7-12(20)5-6-17(14)24)19(26)23-9-11-3-4-13(21)8-16(11)22/h3-8,10H,2,9H2,1H3,(H,23,26). The number of halogens is 3. The maximum Gasteiger partial charge on any atom is 0.257 e. The number of benzene rings is 2. The van der Waals surface area contributed by atoms with E-state index in [0.717, 1.165) is 5.52 Å². The monoisotopic (exact) mass is 408 g/mol. The molecule has 3 aromatic rings. The van der Waals surface area contributed by atoms with Crippen molar-refractivity contribution in [2.75, 3.05) is 0 Å². The fraction of sp³-hybridized carbons (Fsp3) is 0.158. The SMILES string of the molecule is CCn1cc(C(=O)NCc2ccc(Cl)cc2Cl)c(=O)c2cc(Cl)ccc21. The quantitative estimate of drug-likeness (QED) is 0.665. The van der Waals surface area contributed by atoms with Gasteiger partial charge in [-0.2, -0.15) is 0 Å². The van der Waals surface area contributed by atoms with E-state index in [4.69, 9.17) is 34.8 Å². The average molecular weight is 410 g/mol. The highest BCUT2D eigenvalue weighted by atomic mass is 35.5. The molecule has 0 aliphatic carbocycles. The first kappa shape index (κ1) is 18.8. The Bertz CT molecular complexity index is 1060. The molecule has 7 heteroatoms. The molecule has 0 spiro atoms. The van der Waals surface area contributed by atoms with Crippen LogP contribution in [0.15, 0.2) is 47.4 Å². The normalized spacial score (nSPS) is 10.9. The van der Waals surface area contributed by atoms with Crippen molar-refractivity contribution in [1.29, 1.82) is 0 Å². The van der Waals surface area contributed by atoms with E-state index in [0.29, 0.717) is 32.6 Å². The molecule has 26 heavy (non-hydrogen) atoms. The lowest BCUT2D eigenvalue weighted by Gasteiger charge is -2.12. The number of hydrogen-bond acceptors (Lipinski definition) is 2. The number of aromatic nitrogens is 1. The van der Waals surface area contributed by atoms with Crippen molar-refractivity contribution in [1.82, 2.24) is 9.88 Å². The Labute approximate surface area is 165 Å². The Hall–Kier alpha value is -2.01. The number of fused-ring (bicyclic) bond motifs is 1. The average Bonchev–Trinajstić information content (AvgIpc) is 2.61. The fourth-order valence-electron chi connectivity index (χ4n) is 2.73. The lowest BCUT2D eigenvalue weighted by atomic mass is 10.1. The molecule has 1 amide bonds. The van der Waals surface area contributed by atoms with Crippen molar-refractivity contribution in [3.8, 4) is 0 Å². The molecule has 0 fully saturated rings. The topological polar surface area (TPSA) is 51.1 Å². The van der Waals surface area contributed by atoms with Crippen LogP contribution in [0.5, 0.6) is 0 Å². The molecule has 1 heterocycles. The smallest absolute Gasteiger partial charge is 0.257 e. The largest absolute Gasteiger partial charge is 0.348 e. The Morgan fingerprint density at radius 2 is 1.77 bits per heavy atom. The van der Waals surface area contributed by atoms with Crippen LogP contribution in [0.3, 0.4) is 0 Å². The van der Waals surface area contributed by atoms with Crippen molar-refractivity contribution < 1.29 is 4.79 Å². The summed E-state index contributed by atoms with van der Waals surface area (Å²) in [5, 5.41) is 4.56. The summed E-state index contributed by atoms with van der Waals surface area (Å²) in [5.74, 6) is -0.468. The highest BCUT2D eigenvalue weighted by molar-refractivity contribution is 6.35. The fourth-order valence-corrected chi connectivity index (χ4v) is 3.38. The van der Waals surface area contributed by atoms with E-state index in [1.165, 1.54) is 0 Å². The van der Waals surface area contributed by atoms with Gasteiger partial charge in [-0.05, 0) is 42.8 Å². The van der Waals surface area contributed by atoms with Crippen molar-refractivity contribution in [3.63, 3.8) is 0 Å². The van der Waals surface area contributed by atoms with Crippen LogP contribution in [0.25, 0.3) is 10.9 Å². The van der Waals surface area contributed by atoms with Gasteiger partial charge in [0.25, 0.3) is 5.91 Å². The summed E-state index contributed by atoms with van der Waals surface area (Å²) < 4.78 is 1.84. The van der Waals surface area contributed by atoms with Crippen LogP contribution in [0, 0.1) is 0 Å². The number of nitrogens with one attached hydrogen (secondary N) is 1. The van der Waals surface area contributed by atoms with Crippen LogP contribution in [0.4, 0.5) is 0 Å². The second kappa shape index (κ2) is 7.70. The van der Waals surface area contributed by atoms with Gasteiger partial charge in [0.1, 0.15) is 5.56 Å². The molecular formula is C19H15Cl3N2O2. The second-order valence-corrected chi connectivity index (χ2v) is 7.02. The Balaban J connectivity index is 1.95. The van der Waals surface area contributed by atoms with Crippen molar-refractivity contribution in [2.24, 2.45) is 0 Å². The van der Waals surface area contributed by atoms with Crippen LogP contribution in [-0.2, 0) is 13.1 Å². The lowest BCUT2D eigenvalue weighted by molar-refractivity contribution is 0.0949. The van der Waals surface area contributed by atoms with Gasteiger partial charge in [0.2, 0.25) is 5.43 Å². The number of carbonyl (C=O) groups is 1. The minimum absolute atomic E-state index is 0.0618. The predicted octanol–water partition coefficient (Wildman–Crippen LogP) is 4.91. The second-order valence-electron chi connectivity index (χ2n) is 5.74. The van der Waals surface area contributed by atoms with E-state index in [1.54, 1.807) is 42.6 Å². The predicted molar refractivity (Wildman–Crippen MR) is 107 cm³/mol. The molecule has 0 aliphatic heterocycles. The van der Waals surface area contributed by atoms with Gasteiger partial charge >= 0.3 is 0 Å². The summed E-state index contributed by atoms with van der Waals surface area (Å²) in [4.78, 5) is 25.3. The van der Waals surface area contributed by atoms with Gasteiger partial charge in [0, 0.05) is 39.7 Å². The van der Waals surface area contributed by atoms with Crippen molar-refractivity contribution in [3.05, 3.63) is 79.0 Å². The van der Waals surface area contributed by atoms with Gasteiger partial charge in [0.05, 0.1) is 5.52 Å². The van der Waals surface area contributed by atoms with Gasteiger partial charge in [0.15, 0.2) is 0 Å². The molecule has 1 N–H and O–H groups in total. The Kier molecular flexibility index (Phi) is 5.56. The van der Waals surface area contributed by atoms with Crippen LogP contribution < -0.4 is 10.7 Å². The molecule has 0 unspecified atom stereocenters. The number of rotatable bonds is 4. The number of pyridine rings is 1. The summed E-state index contributed by atoms with van der Waals surface area (Å²) in [5.41, 5.74) is 1.15. The number of nitrogens with zero attached hydrogens (tertiary/aromatic N) is 1. The molecule has 0 saturated heterocycles. The van der Waals surface area contributed by atoms with E-state index in [1.807, 2.05) is 11.5 Å². The molecule has 134 valence electrons. The molecule has 0 saturated carbocycles. The number of hydrogen-bond donors (Lipinski definition) is 1.